The summed E-state index contributed by atoms with van der Waals surface area (Å²) in [5, 5.41) is 5.49. The van der Waals surface area contributed by atoms with Crippen LogP contribution in [0.15, 0.2) is 118 Å². The summed E-state index contributed by atoms with van der Waals surface area (Å²) in [5.74, 6) is 0. The van der Waals surface area contributed by atoms with Crippen LogP contribution in [0.2, 0.25) is 0 Å². The Morgan fingerprint density at radius 1 is 0.696 bits per heavy atom. The van der Waals surface area contributed by atoms with Crippen molar-refractivity contribution in [2.75, 3.05) is 0 Å². The van der Waals surface area contributed by atoms with Crippen molar-refractivity contribution in [3.8, 4) is 0 Å². The minimum atomic E-state index is 0. The second kappa shape index (κ2) is 18.3. The molecule has 240 valence electrons. The molecule has 0 nitrogen and oxygen atoms in total. The van der Waals surface area contributed by atoms with E-state index >= 15 is 0 Å². The van der Waals surface area contributed by atoms with Crippen LogP contribution in [0, 0.1) is 6.08 Å². The largest absolute Gasteiger partial charge is 0.273 e. The fourth-order valence-electron chi connectivity index (χ4n) is 5.12. The number of rotatable bonds is 4. The van der Waals surface area contributed by atoms with Gasteiger partial charge in [-0.05, 0) is 10.8 Å². The number of halogens is 4. The van der Waals surface area contributed by atoms with Crippen LogP contribution in [0.25, 0.3) is 21.5 Å². The summed E-state index contributed by atoms with van der Waals surface area (Å²) in [6.45, 7) is 13.7. The van der Waals surface area contributed by atoms with Crippen LogP contribution in [-0.2, 0) is 47.9 Å². The van der Waals surface area contributed by atoms with Crippen LogP contribution < -0.4 is 0 Å². The molecule has 0 spiro atoms. The molecular weight excluding hydrogens is 814 g/mol. The van der Waals surface area contributed by atoms with Crippen molar-refractivity contribution in [3.63, 3.8) is 0 Å². The van der Waals surface area contributed by atoms with E-state index in [0.717, 1.165) is 28.2 Å². The molecule has 0 bridgehead atoms. The molecule has 0 atom stereocenters. The molecule has 5 aromatic rings. The van der Waals surface area contributed by atoms with E-state index in [1.807, 2.05) is 12.2 Å². The summed E-state index contributed by atoms with van der Waals surface area (Å²) in [4.78, 5) is 0. The van der Waals surface area contributed by atoms with Gasteiger partial charge in [-0.1, -0.05) is 76.9 Å². The zero-order valence-corrected chi connectivity index (χ0v) is 34.8. The second-order valence-corrected chi connectivity index (χ2v) is 17.0. The van der Waals surface area contributed by atoms with Gasteiger partial charge in [0.2, 0.25) is 0 Å². The Labute approximate surface area is 320 Å². The molecule has 0 amide bonds. The van der Waals surface area contributed by atoms with Gasteiger partial charge in [0, 0.05) is 0 Å². The van der Waals surface area contributed by atoms with E-state index in [1.165, 1.54) is 68.0 Å². The van der Waals surface area contributed by atoms with Crippen LogP contribution in [-0.4, -0.2) is 3.21 Å². The normalized spacial score (nSPS) is 12.0. The van der Waals surface area contributed by atoms with Crippen molar-refractivity contribution in [2.24, 2.45) is 0 Å². The van der Waals surface area contributed by atoms with E-state index < -0.39 is 0 Å². The van der Waals surface area contributed by atoms with Gasteiger partial charge in [-0.15, -0.1) is 71.0 Å². The molecule has 6 rings (SSSR count). The number of hydrogen-bond acceptors (Lipinski definition) is 0. The van der Waals surface area contributed by atoms with Gasteiger partial charge in [-0.3, -0.25) is 6.08 Å². The molecule has 46 heavy (non-hydrogen) atoms. The number of hydrogen-bond donors (Lipinski definition) is 0. The fourth-order valence-corrected chi connectivity index (χ4v) is 7.02. The Morgan fingerprint density at radius 2 is 1.15 bits per heavy atom. The Kier molecular flexibility index (Phi) is 16.2. The summed E-state index contributed by atoms with van der Waals surface area (Å²) >= 11 is 8.56. The number of fused-ring (bicyclic) bond motifs is 3. The summed E-state index contributed by atoms with van der Waals surface area (Å²) in [5.41, 5.74) is 5.96. The number of benzene rings is 4. The van der Waals surface area contributed by atoms with Gasteiger partial charge in [0.1, 0.15) is 0 Å². The zero-order valence-electron chi connectivity index (χ0n) is 27.6. The quantitative estimate of drug-likeness (QED) is 0.158. The van der Waals surface area contributed by atoms with E-state index in [1.54, 1.807) is 3.21 Å². The van der Waals surface area contributed by atoms with Gasteiger partial charge < -0.3 is 0 Å². The molecule has 0 saturated heterocycles. The molecule has 0 saturated carbocycles. The van der Waals surface area contributed by atoms with E-state index in [0.29, 0.717) is 0 Å². The Balaban J connectivity index is 0.000000270. The third kappa shape index (κ3) is 12.2. The molecule has 0 heterocycles. The molecule has 1 aliphatic carbocycles. The van der Waals surface area contributed by atoms with Crippen LogP contribution in [0.5, 0.6) is 0 Å². The average Bonchev–Trinajstić information content (AvgIpc) is 3.64. The van der Waals surface area contributed by atoms with Gasteiger partial charge in [0.25, 0.3) is 0 Å². The first-order valence-electron chi connectivity index (χ1n) is 15.2. The van der Waals surface area contributed by atoms with E-state index in [2.05, 4.69) is 177 Å². The molecule has 0 radical (unpaired) electrons. The molecular formula is C41H44Br2Cl2Zr. The molecule has 0 N–H and O–H groups in total. The summed E-state index contributed by atoms with van der Waals surface area (Å²) in [7, 11) is 0. The van der Waals surface area contributed by atoms with E-state index in [9.17, 15) is 0 Å². The number of allylic oxidation sites excluding steroid dienone is 4. The van der Waals surface area contributed by atoms with Crippen molar-refractivity contribution < 1.29 is 24.2 Å². The Morgan fingerprint density at radius 3 is 1.48 bits per heavy atom. The minimum absolute atomic E-state index is 0. The Hall–Kier alpha value is -1.48. The van der Waals surface area contributed by atoms with Crippen molar-refractivity contribution in [2.45, 2.75) is 71.6 Å². The van der Waals surface area contributed by atoms with Crippen molar-refractivity contribution in [3.05, 3.63) is 146 Å². The maximum atomic E-state index is 3.52. The van der Waals surface area contributed by atoms with Crippen molar-refractivity contribution in [1.82, 2.24) is 0 Å². The summed E-state index contributed by atoms with van der Waals surface area (Å²) in [6.07, 6.45) is 12.1. The van der Waals surface area contributed by atoms with Gasteiger partial charge in [-0.25, -0.2) is 12.2 Å². The maximum Gasteiger partial charge on any atom is -0.0145 e. The van der Waals surface area contributed by atoms with Gasteiger partial charge >= 0.3 is 141 Å². The molecule has 0 unspecified atom stereocenters. The Bertz CT molecular complexity index is 1670. The van der Waals surface area contributed by atoms with Crippen molar-refractivity contribution >= 4 is 81.4 Å². The van der Waals surface area contributed by atoms with Gasteiger partial charge in [0.15, 0.2) is 0 Å². The van der Waals surface area contributed by atoms with Gasteiger partial charge in [0.05, 0.1) is 0 Å². The van der Waals surface area contributed by atoms with E-state index in [-0.39, 0.29) is 35.6 Å². The van der Waals surface area contributed by atoms with Crippen LogP contribution in [0.1, 0.15) is 70.2 Å². The third-order valence-electron chi connectivity index (χ3n) is 7.64. The smallest absolute Gasteiger partial charge is 0.0145 e. The van der Waals surface area contributed by atoms with Crippen LogP contribution in [0.4, 0.5) is 0 Å². The molecule has 0 fully saturated rings. The zero-order chi connectivity index (χ0) is 31.9. The first-order chi connectivity index (χ1) is 20.8. The summed E-state index contributed by atoms with van der Waals surface area (Å²) < 4.78 is 3.88. The molecule has 5 heteroatoms. The van der Waals surface area contributed by atoms with Gasteiger partial charge in [-0.2, -0.15) is 6.08 Å². The SMILES string of the molecule is Brc1cccc(C[C](=[Zr+2])Cc2cccc(Br)c2)c1.CC(C)(C)c1ccc2[cH-]c3ccc(C(C)(C)C)cc3c2c1.Cl.Cl.[C-]1=CC=CC1. The van der Waals surface area contributed by atoms with Crippen LogP contribution in [0.3, 0.4) is 0 Å². The topological polar surface area (TPSA) is 0 Å². The molecule has 0 aliphatic heterocycles. The standard InChI is InChI=1S/C21H25.C15H12Br2.C5H5.2ClH.Zr/c1-20(2,3)16-9-7-14-11-15-8-10-17(21(4,5)6)13-19(15)18(14)12-16;16-14-8-2-6-12(10-14)4-1-5-13-7-3-9-15(17)11-13;1-2-4-5-3-1;;;/h7-13H,1-6H3;2-3,6-11H,4-5H2;1-3H,4H2;2*1H;/q-1;;-1;;;+2. The monoisotopic (exact) mass is 854 g/mol. The second-order valence-electron chi connectivity index (χ2n) is 13.5. The molecule has 5 aromatic carbocycles. The fraction of sp³-hybridized carbons (Fsp3) is 0.268. The molecule has 1 aliphatic rings. The predicted molar refractivity (Wildman–Crippen MR) is 211 cm³/mol. The first-order valence-corrected chi connectivity index (χ1v) is 18.0. The predicted octanol–water partition coefficient (Wildman–Crippen LogP) is 13.2. The first kappa shape index (κ1) is 40.7. The van der Waals surface area contributed by atoms with Crippen molar-refractivity contribution in [1.29, 1.82) is 0 Å². The minimum Gasteiger partial charge on any atom is -0.273 e. The maximum absolute atomic E-state index is 3.52. The van der Waals surface area contributed by atoms with E-state index in [4.69, 9.17) is 0 Å². The average molecular weight is 859 g/mol. The third-order valence-corrected chi connectivity index (χ3v) is 9.49. The van der Waals surface area contributed by atoms with Crippen LogP contribution >= 0.6 is 56.7 Å². The summed E-state index contributed by atoms with van der Waals surface area (Å²) in [6, 6.07) is 33.3. The molecule has 0 aromatic heterocycles.